The van der Waals surface area contributed by atoms with Crippen LogP contribution in [0, 0.1) is 0 Å². The van der Waals surface area contributed by atoms with Crippen LogP contribution in [0.25, 0.3) is 0 Å². The summed E-state index contributed by atoms with van der Waals surface area (Å²) in [7, 11) is 4.49. The summed E-state index contributed by atoms with van der Waals surface area (Å²) in [4.78, 5) is 4.95. The van der Waals surface area contributed by atoms with Crippen LogP contribution in [0.15, 0.2) is 24.3 Å². The Morgan fingerprint density at radius 2 is 2.00 bits per heavy atom. The molecule has 1 N–H and O–H groups in total. The van der Waals surface area contributed by atoms with Crippen LogP contribution in [0.2, 0.25) is 0 Å². The van der Waals surface area contributed by atoms with E-state index in [0.717, 1.165) is 13.1 Å². The molecule has 2 aliphatic rings. The van der Waals surface area contributed by atoms with Crippen LogP contribution in [0.3, 0.4) is 0 Å². The van der Waals surface area contributed by atoms with Gasteiger partial charge in [0, 0.05) is 38.8 Å². The molecule has 1 heterocycles. The fourth-order valence-electron chi connectivity index (χ4n) is 3.81. The fraction of sp³-hybridized carbons (Fsp3) is 0.667. The molecule has 0 spiro atoms. The molecule has 116 valence electrons. The summed E-state index contributed by atoms with van der Waals surface area (Å²) in [5, 5.41) is 3.75. The van der Waals surface area contributed by atoms with Gasteiger partial charge in [-0.3, -0.25) is 4.90 Å². The van der Waals surface area contributed by atoms with Crippen LogP contribution in [0.4, 0.5) is 0 Å². The number of aryl methyl sites for hydroxylation is 1. The van der Waals surface area contributed by atoms with Gasteiger partial charge < -0.3 is 10.2 Å². The Morgan fingerprint density at radius 1 is 1.14 bits per heavy atom. The SMILES string of the molecule is CN1CCN(C)C(CNCC2CCCc3ccccc32)C1. The first-order valence-corrected chi connectivity index (χ1v) is 8.41. The highest BCUT2D eigenvalue weighted by molar-refractivity contribution is 5.32. The molecule has 1 aromatic rings. The molecule has 0 bridgehead atoms. The van der Waals surface area contributed by atoms with Gasteiger partial charge in [-0.05, 0) is 50.4 Å². The lowest BCUT2D eigenvalue weighted by atomic mass is 9.83. The Labute approximate surface area is 129 Å². The zero-order chi connectivity index (χ0) is 14.7. The van der Waals surface area contributed by atoms with E-state index in [1.54, 1.807) is 11.1 Å². The Kier molecular flexibility index (Phi) is 4.94. The van der Waals surface area contributed by atoms with Gasteiger partial charge in [0.25, 0.3) is 0 Å². The monoisotopic (exact) mass is 287 g/mol. The standard InChI is InChI=1S/C18H29N3/c1-20-10-11-21(2)17(14-20)13-19-12-16-8-5-7-15-6-3-4-9-18(15)16/h3-4,6,9,16-17,19H,5,7-8,10-14H2,1-2H3. The molecule has 3 nitrogen and oxygen atoms in total. The van der Waals surface area contributed by atoms with Crippen molar-refractivity contribution in [3.05, 3.63) is 35.4 Å². The highest BCUT2D eigenvalue weighted by Crippen LogP contribution is 2.30. The first-order valence-electron chi connectivity index (χ1n) is 8.41. The van der Waals surface area contributed by atoms with Crippen molar-refractivity contribution in [3.63, 3.8) is 0 Å². The van der Waals surface area contributed by atoms with Crippen LogP contribution >= 0.6 is 0 Å². The van der Waals surface area contributed by atoms with E-state index < -0.39 is 0 Å². The average Bonchev–Trinajstić information content (AvgIpc) is 2.51. The third-order valence-corrected chi connectivity index (χ3v) is 5.24. The zero-order valence-electron chi connectivity index (χ0n) is 13.5. The maximum atomic E-state index is 3.75. The molecule has 0 aromatic heterocycles. The molecule has 1 fully saturated rings. The predicted molar refractivity (Wildman–Crippen MR) is 88.9 cm³/mol. The molecule has 2 unspecified atom stereocenters. The van der Waals surface area contributed by atoms with E-state index >= 15 is 0 Å². The molecule has 2 atom stereocenters. The number of piperazine rings is 1. The van der Waals surface area contributed by atoms with Gasteiger partial charge in [-0.2, -0.15) is 0 Å². The molecule has 0 saturated carbocycles. The number of nitrogens with zero attached hydrogens (tertiary/aromatic N) is 2. The quantitative estimate of drug-likeness (QED) is 0.913. The Hall–Kier alpha value is -0.900. The van der Waals surface area contributed by atoms with Gasteiger partial charge in [0.2, 0.25) is 0 Å². The minimum absolute atomic E-state index is 0.655. The van der Waals surface area contributed by atoms with Crippen molar-refractivity contribution in [3.8, 4) is 0 Å². The number of hydrogen-bond acceptors (Lipinski definition) is 3. The highest BCUT2D eigenvalue weighted by Gasteiger charge is 2.23. The second kappa shape index (κ2) is 6.91. The van der Waals surface area contributed by atoms with E-state index in [1.165, 1.54) is 38.9 Å². The van der Waals surface area contributed by atoms with E-state index in [1.807, 2.05) is 0 Å². The number of fused-ring (bicyclic) bond motifs is 1. The normalized spacial score (nSPS) is 27.5. The molecule has 0 amide bonds. The van der Waals surface area contributed by atoms with Gasteiger partial charge in [0.05, 0.1) is 0 Å². The summed E-state index contributed by atoms with van der Waals surface area (Å²) in [5.74, 6) is 0.710. The maximum absolute atomic E-state index is 3.75. The van der Waals surface area contributed by atoms with Crippen molar-refractivity contribution in [1.29, 1.82) is 0 Å². The van der Waals surface area contributed by atoms with E-state index in [0.29, 0.717) is 12.0 Å². The minimum Gasteiger partial charge on any atom is -0.315 e. The number of benzene rings is 1. The van der Waals surface area contributed by atoms with Crippen LogP contribution in [0.5, 0.6) is 0 Å². The first kappa shape index (κ1) is 15.0. The van der Waals surface area contributed by atoms with Crippen molar-refractivity contribution < 1.29 is 0 Å². The van der Waals surface area contributed by atoms with E-state index in [9.17, 15) is 0 Å². The molecule has 1 aliphatic heterocycles. The third-order valence-electron chi connectivity index (χ3n) is 5.24. The second-order valence-electron chi connectivity index (χ2n) is 6.84. The Morgan fingerprint density at radius 3 is 2.90 bits per heavy atom. The van der Waals surface area contributed by atoms with Crippen LogP contribution < -0.4 is 5.32 Å². The van der Waals surface area contributed by atoms with Gasteiger partial charge in [0.15, 0.2) is 0 Å². The van der Waals surface area contributed by atoms with Crippen molar-refractivity contribution in [2.45, 2.75) is 31.2 Å². The lowest BCUT2D eigenvalue weighted by Gasteiger charge is -2.38. The fourth-order valence-corrected chi connectivity index (χ4v) is 3.81. The van der Waals surface area contributed by atoms with Crippen LogP contribution in [0.1, 0.15) is 29.9 Å². The Balaban J connectivity index is 1.52. The molecule has 0 radical (unpaired) electrons. The van der Waals surface area contributed by atoms with Crippen molar-refractivity contribution in [2.75, 3.05) is 46.8 Å². The van der Waals surface area contributed by atoms with Gasteiger partial charge in [-0.15, -0.1) is 0 Å². The number of rotatable bonds is 4. The molecule has 1 saturated heterocycles. The molecule has 3 rings (SSSR count). The largest absolute Gasteiger partial charge is 0.315 e. The molecule has 1 aromatic carbocycles. The van der Waals surface area contributed by atoms with Gasteiger partial charge >= 0.3 is 0 Å². The van der Waals surface area contributed by atoms with Crippen LogP contribution in [-0.4, -0.2) is 62.7 Å². The predicted octanol–water partition coefficient (Wildman–Crippen LogP) is 1.94. The van der Waals surface area contributed by atoms with E-state index in [4.69, 9.17) is 0 Å². The molecule has 3 heteroatoms. The van der Waals surface area contributed by atoms with Gasteiger partial charge in [-0.1, -0.05) is 24.3 Å². The van der Waals surface area contributed by atoms with Crippen LogP contribution in [-0.2, 0) is 6.42 Å². The number of nitrogens with one attached hydrogen (secondary N) is 1. The highest BCUT2D eigenvalue weighted by atomic mass is 15.3. The minimum atomic E-state index is 0.655. The van der Waals surface area contributed by atoms with Crippen molar-refractivity contribution >= 4 is 0 Å². The average molecular weight is 287 g/mol. The number of likely N-dealkylation sites (N-methyl/N-ethyl adjacent to an activating group) is 2. The lowest BCUT2D eigenvalue weighted by Crippen LogP contribution is -2.54. The molecule has 1 aliphatic carbocycles. The van der Waals surface area contributed by atoms with E-state index in [-0.39, 0.29) is 0 Å². The summed E-state index contributed by atoms with van der Waals surface area (Å²) < 4.78 is 0. The second-order valence-corrected chi connectivity index (χ2v) is 6.84. The molecular weight excluding hydrogens is 258 g/mol. The lowest BCUT2D eigenvalue weighted by molar-refractivity contribution is 0.113. The van der Waals surface area contributed by atoms with Crippen molar-refractivity contribution in [1.82, 2.24) is 15.1 Å². The summed E-state index contributed by atoms with van der Waals surface area (Å²) in [6, 6.07) is 9.68. The third kappa shape index (κ3) is 3.65. The zero-order valence-corrected chi connectivity index (χ0v) is 13.5. The van der Waals surface area contributed by atoms with Gasteiger partial charge in [-0.25, -0.2) is 0 Å². The summed E-state index contributed by atoms with van der Waals surface area (Å²) in [6.45, 7) is 5.81. The summed E-state index contributed by atoms with van der Waals surface area (Å²) in [6.07, 6.45) is 3.95. The summed E-state index contributed by atoms with van der Waals surface area (Å²) in [5.41, 5.74) is 3.16. The number of hydrogen-bond donors (Lipinski definition) is 1. The first-order chi connectivity index (χ1) is 10.2. The summed E-state index contributed by atoms with van der Waals surface area (Å²) >= 11 is 0. The van der Waals surface area contributed by atoms with E-state index in [2.05, 4.69) is 53.5 Å². The smallest absolute Gasteiger partial charge is 0.0345 e. The Bertz CT molecular complexity index is 460. The molecular formula is C18H29N3. The molecule has 21 heavy (non-hydrogen) atoms. The van der Waals surface area contributed by atoms with Crippen molar-refractivity contribution in [2.24, 2.45) is 0 Å². The maximum Gasteiger partial charge on any atom is 0.0345 e. The topological polar surface area (TPSA) is 18.5 Å². The van der Waals surface area contributed by atoms with Gasteiger partial charge in [0.1, 0.15) is 0 Å².